The van der Waals surface area contributed by atoms with Crippen LogP contribution in [-0.2, 0) is 22.8 Å². The van der Waals surface area contributed by atoms with Gasteiger partial charge in [-0.3, -0.25) is 4.79 Å². The first-order chi connectivity index (χ1) is 18.9. The molecule has 1 fully saturated rings. The predicted molar refractivity (Wildman–Crippen MR) is 158 cm³/mol. The molecule has 4 rings (SSSR count). The number of hydrogen-bond acceptors (Lipinski definition) is 1. The monoisotopic (exact) mass is 546 g/mol. The largest absolute Gasteiger partial charge is 0.416 e. The molecule has 0 heterocycles. The molecular weight excluding hydrogens is 505 g/mol. The van der Waals surface area contributed by atoms with Crippen molar-refractivity contribution in [3.8, 4) is 0 Å². The quantitative estimate of drug-likeness (QED) is 0.352. The Balaban J connectivity index is 1.61. The molecule has 0 bridgehead atoms. The maximum atomic E-state index is 13.9. The lowest BCUT2D eigenvalue weighted by Gasteiger charge is -2.37. The Hall–Kier alpha value is -3.14. The summed E-state index contributed by atoms with van der Waals surface area (Å²) in [4.78, 5) is 12.7. The number of ketones is 1. The molecule has 0 N–H and O–H groups in total. The van der Waals surface area contributed by atoms with Crippen molar-refractivity contribution in [3.05, 3.63) is 118 Å². The number of hydrogen-bond donors (Lipinski definition) is 0. The Morgan fingerprint density at radius 1 is 1.07 bits per heavy atom. The van der Waals surface area contributed by atoms with Crippen LogP contribution in [0.5, 0.6) is 0 Å². The normalized spacial score (nSPS) is 26.6. The summed E-state index contributed by atoms with van der Waals surface area (Å²) >= 11 is 0. The molecule has 40 heavy (non-hydrogen) atoms. The summed E-state index contributed by atoms with van der Waals surface area (Å²) < 4.78 is 41.7. The highest BCUT2D eigenvalue weighted by Crippen LogP contribution is 2.44. The zero-order chi connectivity index (χ0) is 29.1. The highest BCUT2D eigenvalue weighted by Gasteiger charge is 2.37. The van der Waals surface area contributed by atoms with E-state index in [1.807, 2.05) is 19.1 Å². The van der Waals surface area contributed by atoms with E-state index in [9.17, 15) is 18.0 Å². The summed E-state index contributed by atoms with van der Waals surface area (Å²) in [5.41, 5.74) is 4.89. The second kappa shape index (κ2) is 12.2. The van der Waals surface area contributed by atoms with E-state index < -0.39 is 23.6 Å². The molecule has 0 spiro atoms. The third-order valence-corrected chi connectivity index (χ3v) is 9.09. The van der Waals surface area contributed by atoms with Crippen LogP contribution in [0.1, 0.15) is 88.0 Å². The fourth-order valence-corrected chi connectivity index (χ4v) is 6.40. The Labute approximate surface area is 237 Å². The fraction of sp³-hybridized carbons (Fsp3) is 0.417. The Kier molecular flexibility index (Phi) is 9.07. The summed E-state index contributed by atoms with van der Waals surface area (Å²) in [7, 11) is 0. The minimum absolute atomic E-state index is 0.0871. The van der Waals surface area contributed by atoms with Gasteiger partial charge in [0.05, 0.1) is 5.56 Å². The molecule has 1 nitrogen and oxygen atoms in total. The first kappa shape index (κ1) is 29.8. The molecule has 2 aromatic carbocycles. The van der Waals surface area contributed by atoms with Crippen LogP contribution in [0.3, 0.4) is 0 Å². The van der Waals surface area contributed by atoms with Crippen LogP contribution in [0.2, 0.25) is 0 Å². The van der Waals surface area contributed by atoms with Gasteiger partial charge in [-0.05, 0) is 102 Å². The van der Waals surface area contributed by atoms with Gasteiger partial charge in [-0.2, -0.15) is 13.2 Å². The van der Waals surface area contributed by atoms with Crippen molar-refractivity contribution >= 4 is 5.78 Å². The molecule has 2 aliphatic rings. The number of alkyl halides is 3. The summed E-state index contributed by atoms with van der Waals surface area (Å²) in [5.74, 6) is -0.219. The van der Waals surface area contributed by atoms with Gasteiger partial charge in [-0.1, -0.05) is 93.6 Å². The van der Waals surface area contributed by atoms with Crippen LogP contribution in [0, 0.1) is 11.8 Å². The number of allylic oxidation sites excluding steroid dienone is 7. The van der Waals surface area contributed by atoms with Crippen LogP contribution in [-0.4, -0.2) is 5.78 Å². The second-order valence-electron chi connectivity index (χ2n) is 12.1. The average Bonchev–Trinajstić information content (AvgIpc) is 3.08. The lowest BCUT2D eigenvalue weighted by atomic mass is 9.68. The van der Waals surface area contributed by atoms with Crippen molar-refractivity contribution in [3.63, 3.8) is 0 Å². The van der Waals surface area contributed by atoms with Gasteiger partial charge in [0.25, 0.3) is 0 Å². The Morgan fingerprint density at radius 2 is 1.73 bits per heavy atom. The minimum atomic E-state index is -4.46. The van der Waals surface area contributed by atoms with Crippen LogP contribution in [0.25, 0.3) is 0 Å². The van der Waals surface area contributed by atoms with Gasteiger partial charge in [-0.15, -0.1) is 0 Å². The van der Waals surface area contributed by atoms with Gasteiger partial charge in [-0.25, -0.2) is 0 Å². The van der Waals surface area contributed by atoms with Crippen LogP contribution < -0.4 is 0 Å². The molecule has 2 atom stereocenters. The molecule has 2 aromatic rings. The maximum absolute atomic E-state index is 13.9. The third kappa shape index (κ3) is 6.77. The molecule has 0 aliphatic heterocycles. The third-order valence-electron chi connectivity index (χ3n) is 9.09. The van der Waals surface area contributed by atoms with E-state index in [0.717, 1.165) is 34.3 Å². The van der Waals surface area contributed by atoms with Crippen molar-refractivity contribution in [2.45, 2.75) is 83.7 Å². The van der Waals surface area contributed by atoms with E-state index >= 15 is 0 Å². The Bertz CT molecular complexity index is 1310. The van der Waals surface area contributed by atoms with E-state index in [1.165, 1.54) is 43.4 Å². The number of carbonyl (C=O) groups is 1. The van der Waals surface area contributed by atoms with Crippen molar-refractivity contribution in [1.82, 2.24) is 0 Å². The zero-order valence-electron chi connectivity index (χ0n) is 24.2. The number of rotatable bonds is 6. The molecule has 1 saturated carbocycles. The van der Waals surface area contributed by atoms with Gasteiger partial charge in [0.15, 0.2) is 5.78 Å². The average molecular weight is 547 g/mol. The van der Waals surface area contributed by atoms with Crippen molar-refractivity contribution in [2.24, 2.45) is 11.8 Å². The molecule has 0 saturated heterocycles. The van der Waals surface area contributed by atoms with Crippen LogP contribution in [0.4, 0.5) is 13.2 Å². The van der Waals surface area contributed by atoms with E-state index in [4.69, 9.17) is 0 Å². The van der Waals surface area contributed by atoms with Gasteiger partial charge < -0.3 is 0 Å². The van der Waals surface area contributed by atoms with Gasteiger partial charge in [0.2, 0.25) is 0 Å². The molecule has 4 heteroatoms. The van der Waals surface area contributed by atoms with E-state index in [-0.39, 0.29) is 23.2 Å². The summed E-state index contributed by atoms with van der Waals surface area (Å²) in [6, 6.07) is 14.5. The van der Waals surface area contributed by atoms with Gasteiger partial charge in [0, 0.05) is 6.42 Å². The molecule has 2 unspecified atom stereocenters. The lowest BCUT2D eigenvalue weighted by Crippen LogP contribution is -2.27. The standard InChI is InChI=1S/C36H41F3O/c1-6-28-13-16-30(40)23-32(26(4)31-9-7-8-10-34(31)36(37,38)39)33(28)22-25(3)21-27-11-14-29(15-12-27)35(5)19-17-24(2)18-20-35/h6-16,22,24,26,32H,3,17-21,23H2,1-2,4-5H3. The summed E-state index contributed by atoms with van der Waals surface area (Å²) in [5, 5.41) is 0. The van der Waals surface area contributed by atoms with E-state index in [1.54, 1.807) is 25.1 Å². The maximum Gasteiger partial charge on any atom is 0.416 e. The summed E-state index contributed by atoms with van der Waals surface area (Å²) in [6.45, 7) is 12.7. The van der Waals surface area contributed by atoms with Gasteiger partial charge >= 0.3 is 6.18 Å². The van der Waals surface area contributed by atoms with Crippen LogP contribution >= 0.6 is 0 Å². The topological polar surface area (TPSA) is 17.1 Å². The first-order valence-corrected chi connectivity index (χ1v) is 14.4. The minimum Gasteiger partial charge on any atom is -0.295 e. The molecule has 0 aromatic heterocycles. The fourth-order valence-electron chi connectivity index (χ4n) is 6.40. The van der Waals surface area contributed by atoms with Crippen molar-refractivity contribution in [1.29, 1.82) is 0 Å². The Morgan fingerprint density at radius 3 is 2.35 bits per heavy atom. The summed E-state index contributed by atoms with van der Waals surface area (Å²) in [6.07, 6.45) is 8.50. The zero-order valence-corrected chi connectivity index (χ0v) is 24.2. The molecule has 0 radical (unpaired) electrons. The number of carbonyl (C=O) groups excluding carboxylic acids is 1. The lowest BCUT2D eigenvalue weighted by molar-refractivity contribution is -0.138. The van der Waals surface area contributed by atoms with Gasteiger partial charge in [0.1, 0.15) is 0 Å². The number of benzene rings is 2. The first-order valence-electron chi connectivity index (χ1n) is 14.4. The number of halogens is 3. The van der Waals surface area contributed by atoms with E-state index in [0.29, 0.717) is 6.42 Å². The molecule has 2 aliphatic carbocycles. The smallest absolute Gasteiger partial charge is 0.295 e. The van der Waals surface area contributed by atoms with Crippen molar-refractivity contribution in [2.75, 3.05) is 0 Å². The molecule has 0 amide bonds. The molecule has 212 valence electrons. The highest BCUT2D eigenvalue weighted by molar-refractivity contribution is 5.92. The predicted octanol–water partition coefficient (Wildman–Crippen LogP) is 10.1. The van der Waals surface area contributed by atoms with E-state index in [2.05, 4.69) is 44.7 Å². The second-order valence-corrected chi connectivity index (χ2v) is 12.1. The highest BCUT2D eigenvalue weighted by atomic mass is 19.4. The SMILES string of the molecule is C=C(C=C1C(=CC)C=CC(=O)CC1C(C)c1ccccc1C(F)(F)F)Cc1ccc(C2(C)CCC(C)CC2)cc1. The van der Waals surface area contributed by atoms with Crippen LogP contribution in [0.15, 0.2) is 96.1 Å². The molecular formula is C36H41F3O. The van der Waals surface area contributed by atoms with Crippen molar-refractivity contribution < 1.29 is 18.0 Å².